The van der Waals surface area contributed by atoms with Crippen LogP contribution in [0.2, 0.25) is 0 Å². The molecule has 0 spiro atoms. The van der Waals surface area contributed by atoms with Gasteiger partial charge in [-0.15, -0.1) is 0 Å². The Kier molecular flexibility index (Phi) is 3.56. The van der Waals surface area contributed by atoms with Gasteiger partial charge in [0.2, 0.25) is 0 Å². The fourth-order valence-electron chi connectivity index (χ4n) is 1.39. The summed E-state index contributed by atoms with van der Waals surface area (Å²) < 4.78 is 11.5. The molecule has 2 aromatic rings. The number of rotatable bonds is 3. The molecule has 0 N–H and O–H groups in total. The molecule has 16 heavy (non-hydrogen) atoms. The highest BCUT2D eigenvalue weighted by Crippen LogP contribution is 2.33. The Morgan fingerprint density at radius 3 is 2.88 bits per heavy atom. The van der Waals surface area contributed by atoms with Crippen molar-refractivity contribution in [1.82, 2.24) is 5.16 Å². The van der Waals surface area contributed by atoms with Crippen LogP contribution in [0.25, 0.3) is 11.3 Å². The summed E-state index contributed by atoms with van der Waals surface area (Å²) in [5, 5.41) is 3.89. The smallest absolute Gasteiger partial charge is 0.170 e. The summed E-state index contributed by atoms with van der Waals surface area (Å²) in [6.07, 6.45) is 0. The SMILES string of the molecule is COc1ccc(Br)cc1-c1cc(CS)no1. The fourth-order valence-corrected chi connectivity index (χ4v) is 1.90. The first-order valence-corrected chi connectivity index (χ1v) is 6.07. The van der Waals surface area contributed by atoms with Crippen LogP contribution in [0, 0.1) is 0 Å². The third-order valence-corrected chi connectivity index (χ3v) is 2.97. The van der Waals surface area contributed by atoms with E-state index in [1.54, 1.807) is 7.11 Å². The molecule has 0 unspecified atom stereocenters. The van der Waals surface area contributed by atoms with Crippen molar-refractivity contribution in [2.24, 2.45) is 0 Å². The van der Waals surface area contributed by atoms with E-state index in [0.29, 0.717) is 11.5 Å². The lowest BCUT2D eigenvalue weighted by Crippen LogP contribution is -1.86. The molecule has 1 aromatic heterocycles. The molecule has 0 radical (unpaired) electrons. The number of hydrogen-bond donors (Lipinski definition) is 1. The van der Waals surface area contributed by atoms with Crippen LogP contribution >= 0.6 is 28.6 Å². The number of aromatic nitrogens is 1. The van der Waals surface area contributed by atoms with Crippen molar-refractivity contribution in [3.63, 3.8) is 0 Å². The summed E-state index contributed by atoms with van der Waals surface area (Å²) in [6, 6.07) is 7.58. The van der Waals surface area contributed by atoms with Crippen molar-refractivity contribution in [2.75, 3.05) is 7.11 Å². The standard InChI is InChI=1S/C11H10BrNO2S/c1-14-10-3-2-7(12)4-9(10)11-5-8(6-16)13-15-11/h2-5,16H,6H2,1H3. The van der Waals surface area contributed by atoms with Gasteiger partial charge in [-0.2, -0.15) is 12.6 Å². The minimum Gasteiger partial charge on any atom is -0.496 e. The molecule has 0 aliphatic carbocycles. The number of hydrogen-bond acceptors (Lipinski definition) is 4. The van der Waals surface area contributed by atoms with Gasteiger partial charge in [-0.1, -0.05) is 21.1 Å². The van der Waals surface area contributed by atoms with E-state index in [9.17, 15) is 0 Å². The van der Waals surface area contributed by atoms with Gasteiger partial charge in [0, 0.05) is 16.3 Å². The predicted molar refractivity (Wildman–Crippen MR) is 68.9 cm³/mol. The monoisotopic (exact) mass is 299 g/mol. The first-order chi connectivity index (χ1) is 7.74. The molecule has 0 saturated carbocycles. The minimum atomic E-state index is 0.555. The Balaban J connectivity index is 2.49. The molecule has 0 bridgehead atoms. The zero-order valence-electron chi connectivity index (χ0n) is 8.61. The lowest BCUT2D eigenvalue weighted by atomic mass is 10.1. The van der Waals surface area contributed by atoms with Crippen LogP contribution in [0.1, 0.15) is 5.69 Å². The molecule has 0 saturated heterocycles. The van der Waals surface area contributed by atoms with Gasteiger partial charge in [0.15, 0.2) is 5.76 Å². The molecular weight excluding hydrogens is 290 g/mol. The van der Waals surface area contributed by atoms with Gasteiger partial charge >= 0.3 is 0 Å². The van der Waals surface area contributed by atoms with E-state index in [-0.39, 0.29) is 0 Å². The van der Waals surface area contributed by atoms with E-state index >= 15 is 0 Å². The quantitative estimate of drug-likeness (QED) is 0.881. The summed E-state index contributed by atoms with van der Waals surface area (Å²) in [5.41, 5.74) is 1.68. The molecule has 1 aromatic carbocycles. The van der Waals surface area contributed by atoms with E-state index < -0.39 is 0 Å². The fraction of sp³-hybridized carbons (Fsp3) is 0.182. The summed E-state index contributed by atoms with van der Waals surface area (Å²) in [6.45, 7) is 0. The number of methoxy groups -OCH3 is 1. The molecular formula is C11H10BrNO2S. The van der Waals surface area contributed by atoms with Gasteiger partial charge in [0.25, 0.3) is 0 Å². The highest BCUT2D eigenvalue weighted by atomic mass is 79.9. The maximum Gasteiger partial charge on any atom is 0.170 e. The van der Waals surface area contributed by atoms with Crippen LogP contribution in [-0.4, -0.2) is 12.3 Å². The van der Waals surface area contributed by atoms with Gasteiger partial charge in [-0.25, -0.2) is 0 Å². The Morgan fingerprint density at radius 1 is 1.44 bits per heavy atom. The molecule has 0 fully saturated rings. The molecule has 0 aliphatic rings. The van der Waals surface area contributed by atoms with E-state index in [0.717, 1.165) is 21.5 Å². The van der Waals surface area contributed by atoms with Crippen LogP contribution in [0.3, 0.4) is 0 Å². The molecule has 3 nitrogen and oxygen atoms in total. The highest BCUT2D eigenvalue weighted by Gasteiger charge is 2.11. The van der Waals surface area contributed by atoms with Gasteiger partial charge < -0.3 is 9.26 Å². The molecule has 0 atom stereocenters. The number of nitrogens with zero attached hydrogens (tertiary/aromatic N) is 1. The number of benzene rings is 1. The zero-order chi connectivity index (χ0) is 11.5. The first-order valence-electron chi connectivity index (χ1n) is 4.65. The second-order valence-corrected chi connectivity index (χ2v) is 4.42. The largest absolute Gasteiger partial charge is 0.496 e. The van der Waals surface area contributed by atoms with Crippen molar-refractivity contribution in [3.05, 3.63) is 34.4 Å². The van der Waals surface area contributed by atoms with Gasteiger partial charge in [0.05, 0.1) is 18.4 Å². The van der Waals surface area contributed by atoms with Crippen molar-refractivity contribution >= 4 is 28.6 Å². The lowest BCUT2D eigenvalue weighted by Gasteiger charge is -2.05. The van der Waals surface area contributed by atoms with E-state index in [4.69, 9.17) is 9.26 Å². The normalized spacial score (nSPS) is 10.4. The van der Waals surface area contributed by atoms with Gasteiger partial charge in [0.1, 0.15) is 5.75 Å². The van der Waals surface area contributed by atoms with Crippen molar-refractivity contribution < 1.29 is 9.26 Å². The second kappa shape index (κ2) is 4.93. The third-order valence-electron chi connectivity index (χ3n) is 2.15. The Labute approximate surface area is 107 Å². The maximum atomic E-state index is 5.27. The average Bonchev–Trinajstić information content (AvgIpc) is 2.77. The number of thiol groups is 1. The molecule has 1 heterocycles. The minimum absolute atomic E-state index is 0.555. The van der Waals surface area contributed by atoms with E-state index in [1.165, 1.54) is 0 Å². The predicted octanol–water partition coefficient (Wildman–Crippen LogP) is 3.54. The topological polar surface area (TPSA) is 35.3 Å². The Bertz CT molecular complexity index is 498. The van der Waals surface area contributed by atoms with Crippen LogP contribution in [-0.2, 0) is 5.75 Å². The molecule has 0 amide bonds. The van der Waals surface area contributed by atoms with Crippen molar-refractivity contribution in [3.8, 4) is 17.1 Å². The van der Waals surface area contributed by atoms with Crippen molar-refractivity contribution in [1.29, 1.82) is 0 Å². The summed E-state index contributed by atoms with van der Waals surface area (Å²) in [7, 11) is 1.63. The van der Waals surface area contributed by atoms with Crippen LogP contribution < -0.4 is 4.74 Å². The summed E-state index contributed by atoms with van der Waals surface area (Å²) in [4.78, 5) is 0. The summed E-state index contributed by atoms with van der Waals surface area (Å²) >= 11 is 7.56. The number of halogens is 1. The molecule has 2 rings (SSSR count). The van der Waals surface area contributed by atoms with Crippen LogP contribution in [0.4, 0.5) is 0 Å². The molecule has 84 valence electrons. The average molecular weight is 300 g/mol. The highest BCUT2D eigenvalue weighted by molar-refractivity contribution is 9.10. The molecule has 0 aliphatic heterocycles. The maximum absolute atomic E-state index is 5.27. The third kappa shape index (κ3) is 2.25. The molecule has 5 heteroatoms. The van der Waals surface area contributed by atoms with Crippen molar-refractivity contribution in [2.45, 2.75) is 5.75 Å². The number of ether oxygens (including phenoxy) is 1. The zero-order valence-corrected chi connectivity index (χ0v) is 11.1. The lowest BCUT2D eigenvalue weighted by molar-refractivity contribution is 0.404. The van der Waals surface area contributed by atoms with E-state index in [2.05, 4.69) is 33.7 Å². The van der Waals surface area contributed by atoms with Crippen LogP contribution in [0.15, 0.2) is 33.3 Å². The van der Waals surface area contributed by atoms with Crippen LogP contribution in [0.5, 0.6) is 5.75 Å². The van der Waals surface area contributed by atoms with E-state index in [1.807, 2.05) is 24.3 Å². The van der Waals surface area contributed by atoms with Gasteiger partial charge in [-0.05, 0) is 18.2 Å². The Morgan fingerprint density at radius 2 is 2.25 bits per heavy atom. The van der Waals surface area contributed by atoms with Gasteiger partial charge in [-0.3, -0.25) is 0 Å². The second-order valence-electron chi connectivity index (χ2n) is 3.19. The summed E-state index contributed by atoms with van der Waals surface area (Å²) in [5.74, 6) is 1.99. The Hall–Kier alpha value is -0.940. The first kappa shape index (κ1) is 11.5.